The van der Waals surface area contributed by atoms with Gasteiger partial charge in [-0.15, -0.1) is 0 Å². The molecule has 1 saturated carbocycles. The molecule has 1 aromatic carbocycles. The highest BCUT2D eigenvalue weighted by molar-refractivity contribution is 5.98. The molecule has 0 atom stereocenters. The average Bonchev–Trinajstić information content (AvgIpc) is 2.97. The van der Waals surface area contributed by atoms with Crippen molar-refractivity contribution in [2.45, 2.75) is 58.9 Å². The van der Waals surface area contributed by atoms with Gasteiger partial charge in [0.25, 0.3) is 0 Å². The van der Waals surface area contributed by atoms with Crippen LogP contribution in [-0.4, -0.2) is 29.8 Å². The van der Waals surface area contributed by atoms with Crippen molar-refractivity contribution in [3.8, 4) is 0 Å². The van der Waals surface area contributed by atoms with Crippen LogP contribution in [0, 0.1) is 12.8 Å². The van der Waals surface area contributed by atoms with Gasteiger partial charge in [-0.1, -0.05) is 51.0 Å². The van der Waals surface area contributed by atoms with Gasteiger partial charge in [0.05, 0.1) is 6.54 Å². The minimum absolute atomic E-state index is 0.281. The molecule has 0 saturated heterocycles. The SMILES string of the molecule is Cc1ccccc1C(=O)CN(CCC(C)C)C1CCCC1. The van der Waals surface area contributed by atoms with Gasteiger partial charge < -0.3 is 0 Å². The van der Waals surface area contributed by atoms with Crippen LogP contribution < -0.4 is 0 Å². The van der Waals surface area contributed by atoms with Crippen LogP contribution in [0.5, 0.6) is 0 Å². The second-order valence-electron chi connectivity index (χ2n) is 6.83. The van der Waals surface area contributed by atoms with Gasteiger partial charge in [-0.25, -0.2) is 0 Å². The molecule has 0 aromatic heterocycles. The lowest BCUT2D eigenvalue weighted by Crippen LogP contribution is -2.38. The van der Waals surface area contributed by atoms with Crippen LogP contribution in [-0.2, 0) is 0 Å². The molecule has 1 aliphatic carbocycles. The molecule has 1 aromatic rings. The van der Waals surface area contributed by atoms with Gasteiger partial charge in [0.2, 0.25) is 0 Å². The summed E-state index contributed by atoms with van der Waals surface area (Å²) in [6.45, 7) is 8.19. The molecular formula is C19H29NO. The number of rotatable bonds is 7. The zero-order valence-corrected chi connectivity index (χ0v) is 13.8. The first-order valence-corrected chi connectivity index (χ1v) is 8.41. The number of carbonyl (C=O) groups excluding carboxylic acids is 1. The molecule has 1 aliphatic rings. The predicted molar refractivity (Wildman–Crippen MR) is 88.8 cm³/mol. The van der Waals surface area contributed by atoms with Crippen molar-refractivity contribution in [3.05, 3.63) is 35.4 Å². The van der Waals surface area contributed by atoms with Crippen molar-refractivity contribution in [1.29, 1.82) is 0 Å². The van der Waals surface area contributed by atoms with Crippen LogP contribution in [0.3, 0.4) is 0 Å². The topological polar surface area (TPSA) is 20.3 Å². The van der Waals surface area contributed by atoms with E-state index in [-0.39, 0.29) is 5.78 Å². The van der Waals surface area contributed by atoms with E-state index < -0.39 is 0 Å². The van der Waals surface area contributed by atoms with Crippen LogP contribution in [0.4, 0.5) is 0 Å². The first-order valence-electron chi connectivity index (χ1n) is 8.41. The largest absolute Gasteiger partial charge is 0.293 e. The number of benzene rings is 1. The third-order valence-corrected chi connectivity index (χ3v) is 4.63. The van der Waals surface area contributed by atoms with Crippen molar-refractivity contribution < 1.29 is 4.79 Å². The Balaban J connectivity index is 2.03. The fraction of sp³-hybridized carbons (Fsp3) is 0.632. The minimum Gasteiger partial charge on any atom is -0.293 e. The predicted octanol–water partition coefficient (Wildman–Crippen LogP) is 4.47. The van der Waals surface area contributed by atoms with E-state index in [9.17, 15) is 4.79 Å². The third-order valence-electron chi connectivity index (χ3n) is 4.63. The highest BCUT2D eigenvalue weighted by Gasteiger charge is 2.24. The molecule has 0 heterocycles. The maximum atomic E-state index is 12.6. The van der Waals surface area contributed by atoms with Crippen molar-refractivity contribution in [1.82, 2.24) is 4.90 Å². The first-order chi connectivity index (χ1) is 10.1. The van der Waals surface area contributed by atoms with Gasteiger partial charge in [0.1, 0.15) is 0 Å². The number of hydrogen-bond donors (Lipinski definition) is 0. The Bertz CT molecular complexity index is 460. The number of nitrogens with zero attached hydrogens (tertiary/aromatic N) is 1. The molecule has 0 aliphatic heterocycles. The van der Waals surface area contributed by atoms with Crippen molar-refractivity contribution >= 4 is 5.78 Å². The molecule has 2 nitrogen and oxygen atoms in total. The van der Waals surface area contributed by atoms with E-state index in [1.165, 1.54) is 32.1 Å². The molecule has 0 amide bonds. The summed E-state index contributed by atoms with van der Waals surface area (Å²) in [4.78, 5) is 15.1. The van der Waals surface area contributed by atoms with Crippen LogP contribution in [0.2, 0.25) is 0 Å². The van der Waals surface area contributed by atoms with Crippen LogP contribution >= 0.6 is 0 Å². The molecular weight excluding hydrogens is 258 g/mol. The zero-order chi connectivity index (χ0) is 15.2. The van der Waals surface area contributed by atoms with Crippen molar-refractivity contribution in [3.63, 3.8) is 0 Å². The van der Waals surface area contributed by atoms with Crippen molar-refractivity contribution in [2.24, 2.45) is 5.92 Å². The van der Waals surface area contributed by atoms with Gasteiger partial charge in [-0.05, 0) is 44.2 Å². The summed E-state index contributed by atoms with van der Waals surface area (Å²) in [5.41, 5.74) is 1.99. The molecule has 1 fully saturated rings. The van der Waals surface area contributed by atoms with E-state index >= 15 is 0 Å². The molecule has 21 heavy (non-hydrogen) atoms. The number of ketones is 1. The highest BCUT2D eigenvalue weighted by atomic mass is 16.1. The summed E-state index contributed by atoms with van der Waals surface area (Å²) in [6, 6.07) is 8.58. The fourth-order valence-corrected chi connectivity index (χ4v) is 3.24. The van der Waals surface area contributed by atoms with Gasteiger partial charge in [0, 0.05) is 11.6 Å². The minimum atomic E-state index is 0.281. The molecule has 0 spiro atoms. The number of Topliss-reactive ketones (excluding diaryl/α,β-unsaturated/α-hetero) is 1. The monoisotopic (exact) mass is 287 g/mol. The molecule has 2 heteroatoms. The van der Waals surface area contributed by atoms with Crippen molar-refractivity contribution in [2.75, 3.05) is 13.1 Å². The van der Waals surface area contributed by atoms with Gasteiger partial charge in [-0.3, -0.25) is 9.69 Å². The number of carbonyl (C=O) groups is 1. The summed E-state index contributed by atoms with van der Waals surface area (Å²) in [7, 11) is 0. The van der Waals surface area contributed by atoms with E-state index in [1.807, 2.05) is 31.2 Å². The summed E-state index contributed by atoms with van der Waals surface area (Å²) >= 11 is 0. The van der Waals surface area contributed by atoms with E-state index in [4.69, 9.17) is 0 Å². The number of aryl methyl sites for hydroxylation is 1. The van der Waals surface area contributed by atoms with E-state index in [0.29, 0.717) is 18.5 Å². The lowest BCUT2D eigenvalue weighted by molar-refractivity contribution is 0.0885. The fourth-order valence-electron chi connectivity index (χ4n) is 3.24. The smallest absolute Gasteiger partial charge is 0.177 e. The molecule has 0 bridgehead atoms. The van der Waals surface area contributed by atoms with E-state index in [2.05, 4.69) is 18.7 Å². The molecule has 0 radical (unpaired) electrons. The van der Waals surface area contributed by atoms with E-state index in [1.54, 1.807) is 0 Å². The average molecular weight is 287 g/mol. The Morgan fingerprint density at radius 3 is 2.52 bits per heavy atom. The van der Waals surface area contributed by atoms with Crippen LogP contribution in [0.25, 0.3) is 0 Å². The Morgan fingerprint density at radius 2 is 1.90 bits per heavy atom. The number of hydrogen-bond acceptors (Lipinski definition) is 2. The Hall–Kier alpha value is -1.15. The highest BCUT2D eigenvalue weighted by Crippen LogP contribution is 2.24. The molecule has 0 N–H and O–H groups in total. The second-order valence-corrected chi connectivity index (χ2v) is 6.83. The summed E-state index contributed by atoms with van der Waals surface area (Å²) < 4.78 is 0. The second kappa shape index (κ2) is 7.74. The molecule has 116 valence electrons. The lowest BCUT2D eigenvalue weighted by atomic mass is 10.0. The maximum absolute atomic E-state index is 12.6. The van der Waals surface area contributed by atoms with E-state index in [0.717, 1.165) is 17.7 Å². The lowest BCUT2D eigenvalue weighted by Gasteiger charge is -2.29. The summed E-state index contributed by atoms with van der Waals surface area (Å²) in [5, 5.41) is 0. The first kappa shape index (κ1) is 16.2. The van der Waals surface area contributed by atoms with Gasteiger partial charge in [-0.2, -0.15) is 0 Å². The molecule has 2 rings (SSSR count). The Kier molecular flexibility index (Phi) is 5.98. The zero-order valence-electron chi connectivity index (χ0n) is 13.8. The Morgan fingerprint density at radius 1 is 1.24 bits per heavy atom. The van der Waals surface area contributed by atoms with Crippen LogP contribution in [0.15, 0.2) is 24.3 Å². The molecule has 0 unspecified atom stereocenters. The third kappa shape index (κ3) is 4.67. The summed E-state index contributed by atoms with van der Waals surface area (Å²) in [5.74, 6) is 0.978. The maximum Gasteiger partial charge on any atom is 0.177 e. The standard InChI is InChI=1S/C19H29NO/c1-15(2)12-13-20(17-9-5-6-10-17)14-19(21)18-11-7-4-8-16(18)3/h4,7-8,11,15,17H,5-6,9-10,12-14H2,1-3H3. The Labute approximate surface area is 129 Å². The quantitative estimate of drug-likeness (QED) is 0.690. The normalized spacial score (nSPS) is 16.0. The van der Waals surface area contributed by atoms with Gasteiger partial charge in [0.15, 0.2) is 5.78 Å². The van der Waals surface area contributed by atoms with Crippen LogP contribution in [0.1, 0.15) is 61.9 Å². The summed E-state index contributed by atoms with van der Waals surface area (Å²) in [6.07, 6.45) is 6.35. The van der Waals surface area contributed by atoms with Gasteiger partial charge >= 0.3 is 0 Å².